The van der Waals surface area contributed by atoms with Gasteiger partial charge in [0, 0.05) is 5.56 Å². The molecule has 0 unspecified atom stereocenters. The van der Waals surface area contributed by atoms with Gasteiger partial charge in [0.25, 0.3) is 0 Å². The predicted molar refractivity (Wildman–Crippen MR) is 83.3 cm³/mol. The minimum absolute atomic E-state index is 0.0135. The maximum absolute atomic E-state index is 13.2. The van der Waals surface area contributed by atoms with Crippen molar-refractivity contribution in [1.29, 1.82) is 0 Å². The average Bonchev–Trinajstić information content (AvgIpc) is 2.44. The molecule has 0 spiro atoms. The lowest BCUT2D eigenvalue weighted by Crippen LogP contribution is -2.09. The van der Waals surface area contributed by atoms with E-state index in [-0.39, 0.29) is 12.3 Å². The first kappa shape index (κ1) is 16.6. The van der Waals surface area contributed by atoms with Crippen molar-refractivity contribution in [2.45, 2.75) is 20.8 Å². The zero-order valence-corrected chi connectivity index (χ0v) is 12.4. The second-order valence-corrected chi connectivity index (χ2v) is 4.29. The molecule has 0 saturated heterocycles. The van der Waals surface area contributed by atoms with Gasteiger partial charge in [-0.2, -0.15) is 0 Å². The van der Waals surface area contributed by atoms with Gasteiger partial charge in [-0.1, -0.05) is 6.08 Å². The van der Waals surface area contributed by atoms with Gasteiger partial charge in [0.1, 0.15) is 5.82 Å². The van der Waals surface area contributed by atoms with Gasteiger partial charge in [0.15, 0.2) is 0 Å². The van der Waals surface area contributed by atoms with Gasteiger partial charge in [0.05, 0.1) is 23.6 Å². The highest BCUT2D eigenvalue weighted by Gasteiger charge is 2.16. The number of halogens is 1. The van der Waals surface area contributed by atoms with Crippen LogP contribution in [0.5, 0.6) is 0 Å². The van der Waals surface area contributed by atoms with E-state index in [1.54, 1.807) is 26.8 Å². The zero-order chi connectivity index (χ0) is 16.0. The number of allylic oxidation sites excluding steroid dienone is 1. The van der Waals surface area contributed by atoms with E-state index < -0.39 is 11.8 Å². The number of nitrogen functional groups attached to an aromatic ring is 1. The summed E-state index contributed by atoms with van der Waals surface area (Å²) in [7, 11) is 0. The molecule has 112 valence electrons. The lowest BCUT2D eigenvalue weighted by atomic mass is 10.0. The summed E-state index contributed by atoms with van der Waals surface area (Å²) in [5.74, 6) is -0.940. The molecule has 0 aliphatic carbocycles. The van der Waals surface area contributed by atoms with Crippen LogP contribution in [0.25, 0.3) is 5.70 Å². The van der Waals surface area contributed by atoms with E-state index in [0.717, 1.165) is 0 Å². The Morgan fingerprint density at radius 3 is 2.67 bits per heavy atom. The molecule has 0 saturated carbocycles. The maximum atomic E-state index is 13.2. The highest BCUT2D eigenvalue weighted by Crippen LogP contribution is 2.27. The number of carbonyl (C=O) groups is 1. The lowest BCUT2D eigenvalue weighted by molar-refractivity contribution is -0.138. The lowest BCUT2D eigenvalue weighted by Gasteiger charge is -2.12. The number of anilines is 1. The molecule has 5 heteroatoms. The minimum atomic E-state index is -0.503. The fourth-order valence-corrected chi connectivity index (χ4v) is 1.94. The number of aliphatic imine (C=N–C) groups is 1. The third kappa shape index (κ3) is 3.78. The summed E-state index contributed by atoms with van der Waals surface area (Å²) in [5, 5.41) is 0. The Balaban J connectivity index is 3.35. The number of hydrogen-bond acceptors (Lipinski definition) is 4. The quantitative estimate of drug-likeness (QED) is 0.297. The second kappa shape index (κ2) is 7.38. The number of hydrogen-bond donors (Lipinski definition) is 1. The molecule has 0 fully saturated rings. The van der Waals surface area contributed by atoms with E-state index in [0.29, 0.717) is 22.4 Å². The van der Waals surface area contributed by atoms with Crippen molar-refractivity contribution in [3.63, 3.8) is 0 Å². The van der Waals surface area contributed by atoms with E-state index in [1.807, 2.05) is 0 Å². The summed E-state index contributed by atoms with van der Waals surface area (Å²) in [6.45, 7) is 8.99. The van der Waals surface area contributed by atoms with Crippen LogP contribution in [0.1, 0.15) is 26.3 Å². The van der Waals surface area contributed by atoms with E-state index in [1.165, 1.54) is 18.2 Å². The Morgan fingerprint density at radius 1 is 1.52 bits per heavy atom. The summed E-state index contributed by atoms with van der Waals surface area (Å²) in [6, 6.07) is 4.25. The molecule has 2 N–H and O–H groups in total. The van der Waals surface area contributed by atoms with Crippen LogP contribution in [0.4, 0.5) is 10.1 Å². The first-order chi connectivity index (χ1) is 9.96. The monoisotopic (exact) mass is 290 g/mol. The van der Waals surface area contributed by atoms with Crippen LogP contribution in [0.2, 0.25) is 0 Å². The van der Waals surface area contributed by atoms with Crippen LogP contribution >= 0.6 is 0 Å². The molecule has 0 heterocycles. The topological polar surface area (TPSA) is 64.7 Å². The van der Waals surface area contributed by atoms with Gasteiger partial charge in [-0.25, -0.2) is 9.18 Å². The van der Waals surface area contributed by atoms with Crippen molar-refractivity contribution in [2.24, 2.45) is 4.99 Å². The molecule has 4 nitrogen and oxygen atoms in total. The van der Waals surface area contributed by atoms with Crippen molar-refractivity contribution in [1.82, 2.24) is 0 Å². The van der Waals surface area contributed by atoms with Crippen molar-refractivity contribution in [2.75, 3.05) is 12.3 Å². The minimum Gasteiger partial charge on any atom is -0.462 e. The van der Waals surface area contributed by atoms with Crippen molar-refractivity contribution < 1.29 is 13.9 Å². The Kier molecular flexibility index (Phi) is 5.84. The normalized spacial score (nSPS) is 12.7. The largest absolute Gasteiger partial charge is 0.462 e. The number of rotatable bonds is 5. The van der Waals surface area contributed by atoms with Gasteiger partial charge >= 0.3 is 5.97 Å². The summed E-state index contributed by atoms with van der Waals surface area (Å²) in [6.07, 6.45) is 1.64. The molecular formula is C16H19FN2O2. The summed E-state index contributed by atoms with van der Waals surface area (Å²) in [4.78, 5) is 15.9. The molecule has 0 aliphatic rings. The fraction of sp³-hybridized carbons (Fsp3) is 0.250. The maximum Gasteiger partial charge on any atom is 0.338 e. The number of carbonyl (C=O) groups excluding carboxylic acids is 1. The van der Waals surface area contributed by atoms with Gasteiger partial charge < -0.3 is 10.5 Å². The molecule has 0 aromatic heterocycles. The molecule has 1 aromatic carbocycles. The molecule has 0 amide bonds. The van der Waals surface area contributed by atoms with Gasteiger partial charge in [0.2, 0.25) is 0 Å². The zero-order valence-electron chi connectivity index (χ0n) is 12.4. The number of esters is 1. The number of ether oxygens (including phenoxy) is 1. The number of nitrogens with two attached hydrogens (primary N) is 1. The van der Waals surface area contributed by atoms with Crippen LogP contribution < -0.4 is 5.73 Å². The van der Waals surface area contributed by atoms with E-state index in [4.69, 9.17) is 10.5 Å². The molecule has 0 radical (unpaired) electrons. The first-order valence-corrected chi connectivity index (χ1v) is 6.53. The molecular weight excluding hydrogens is 271 g/mol. The highest BCUT2D eigenvalue weighted by molar-refractivity contribution is 5.96. The second-order valence-electron chi connectivity index (χ2n) is 4.29. The molecule has 1 rings (SSSR count). The Hall–Kier alpha value is -2.43. The fourth-order valence-electron chi connectivity index (χ4n) is 1.94. The van der Waals surface area contributed by atoms with Gasteiger partial charge in [-0.3, -0.25) is 4.99 Å². The van der Waals surface area contributed by atoms with Crippen molar-refractivity contribution in [3.05, 3.63) is 46.8 Å². The van der Waals surface area contributed by atoms with Gasteiger partial charge in [-0.15, -0.1) is 0 Å². The Bertz CT molecular complexity index is 619. The smallest absolute Gasteiger partial charge is 0.338 e. The summed E-state index contributed by atoms with van der Waals surface area (Å²) >= 11 is 0. The van der Waals surface area contributed by atoms with Crippen LogP contribution in [0.3, 0.4) is 0 Å². The standard InChI is InChI=1S/C16H19FN2O2/c1-5-12(16(20)21-6-2)10(3)15(19-4)11-7-8-13(17)14(18)9-11/h5,7-9H,4,6,18H2,1-3H3/b12-5+,15-10+. The van der Waals surface area contributed by atoms with Crippen molar-refractivity contribution in [3.8, 4) is 0 Å². The Morgan fingerprint density at radius 2 is 2.19 bits per heavy atom. The third-order valence-corrected chi connectivity index (χ3v) is 2.97. The van der Waals surface area contributed by atoms with Crippen LogP contribution in [-0.2, 0) is 9.53 Å². The molecule has 0 aliphatic heterocycles. The van der Waals surface area contributed by atoms with E-state index >= 15 is 0 Å². The van der Waals surface area contributed by atoms with Gasteiger partial charge in [-0.05, 0) is 51.3 Å². The molecule has 21 heavy (non-hydrogen) atoms. The van der Waals surface area contributed by atoms with Crippen LogP contribution in [-0.4, -0.2) is 19.3 Å². The van der Waals surface area contributed by atoms with E-state index in [2.05, 4.69) is 11.7 Å². The summed E-state index contributed by atoms with van der Waals surface area (Å²) < 4.78 is 18.2. The molecule has 1 aromatic rings. The first-order valence-electron chi connectivity index (χ1n) is 6.53. The van der Waals surface area contributed by atoms with Crippen LogP contribution in [0.15, 0.2) is 40.4 Å². The SMILES string of the molecule is C=N/C(=C(C)/C(=C\C)C(=O)OCC)c1ccc(F)c(N)c1. The summed E-state index contributed by atoms with van der Waals surface area (Å²) in [5.41, 5.74) is 7.61. The van der Waals surface area contributed by atoms with Crippen LogP contribution in [0, 0.1) is 5.82 Å². The Labute approximate surface area is 123 Å². The number of benzene rings is 1. The molecule has 0 bridgehead atoms. The van der Waals surface area contributed by atoms with E-state index in [9.17, 15) is 9.18 Å². The highest BCUT2D eigenvalue weighted by atomic mass is 19.1. The predicted octanol–water partition coefficient (Wildman–Crippen LogP) is 3.35. The van der Waals surface area contributed by atoms with Crippen molar-refractivity contribution >= 4 is 24.1 Å². The number of nitrogens with zero attached hydrogens (tertiary/aromatic N) is 1. The third-order valence-electron chi connectivity index (χ3n) is 2.97. The average molecular weight is 290 g/mol. The molecule has 0 atom stereocenters.